The van der Waals surface area contributed by atoms with Crippen molar-refractivity contribution in [3.8, 4) is 5.75 Å². The molecule has 0 radical (unpaired) electrons. The van der Waals surface area contributed by atoms with E-state index < -0.39 is 0 Å². The maximum Gasteiger partial charge on any atom is 0.258 e. The highest BCUT2D eigenvalue weighted by Crippen LogP contribution is 2.33. The number of hydrogen-bond donors (Lipinski definition) is 2. The number of benzene rings is 1. The SMILES string of the molecule is C[NH+](C)[C@H](CNC(=O)COc1ccc2oc3c(c2c1)CCCC3)c1ccco1. The molecule has 3 aromatic rings. The third-order valence-corrected chi connectivity index (χ3v) is 5.38. The smallest absolute Gasteiger partial charge is 0.258 e. The number of amides is 1. The predicted molar refractivity (Wildman–Crippen MR) is 106 cm³/mol. The highest BCUT2D eigenvalue weighted by molar-refractivity contribution is 5.84. The van der Waals surface area contributed by atoms with Crippen LogP contribution < -0.4 is 15.0 Å². The number of fused-ring (bicyclic) bond motifs is 3. The molecule has 0 aliphatic heterocycles. The number of nitrogens with one attached hydrogen (secondary N) is 2. The maximum atomic E-state index is 12.3. The van der Waals surface area contributed by atoms with Gasteiger partial charge in [0.25, 0.3) is 5.91 Å². The molecule has 0 unspecified atom stereocenters. The molecule has 0 bridgehead atoms. The lowest BCUT2D eigenvalue weighted by Gasteiger charge is -2.19. The number of furan rings is 2. The molecule has 1 aliphatic carbocycles. The standard InChI is InChI=1S/C22H26N2O4/c1-24(2)18(21-8-5-11-26-21)13-23-22(25)14-27-15-9-10-20-17(12-15)16-6-3-4-7-19(16)28-20/h5,8-12,18H,3-4,6-7,13-14H2,1-2H3,(H,23,25)/p+1/t18-/m1/s1. The minimum atomic E-state index is -0.146. The highest BCUT2D eigenvalue weighted by atomic mass is 16.5. The van der Waals surface area contributed by atoms with Crippen molar-refractivity contribution in [2.75, 3.05) is 27.2 Å². The maximum absolute atomic E-state index is 12.3. The molecule has 6 heteroatoms. The Bertz CT molecular complexity index is 943. The molecule has 2 heterocycles. The van der Waals surface area contributed by atoms with Crippen molar-refractivity contribution in [1.82, 2.24) is 5.32 Å². The molecular formula is C22H27N2O4+. The van der Waals surface area contributed by atoms with Gasteiger partial charge in [-0.15, -0.1) is 0 Å². The van der Waals surface area contributed by atoms with Gasteiger partial charge in [-0.3, -0.25) is 4.79 Å². The van der Waals surface area contributed by atoms with Crippen molar-refractivity contribution >= 4 is 16.9 Å². The lowest BCUT2D eigenvalue weighted by Crippen LogP contribution is -3.07. The number of likely N-dealkylation sites (N-methyl/N-ethyl adjacent to an activating group) is 1. The van der Waals surface area contributed by atoms with E-state index in [0.29, 0.717) is 12.3 Å². The number of quaternary nitrogens is 1. The Kier molecular flexibility index (Phi) is 5.39. The minimum absolute atomic E-state index is 0.0147. The quantitative estimate of drug-likeness (QED) is 0.657. The highest BCUT2D eigenvalue weighted by Gasteiger charge is 2.22. The van der Waals surface area contributed by atoms with Crippen LogP contribution in [0.2, 0.25) is 0 Å². The van der Waals surface area contributed by atoms with E-state index in [-0.39, 0.29) is 18.6 Å². The first kappa shape index (κ1) is 18.6. The van der Waals surface area contributed by atoms with Crippen LogP contribution in [0.3, 0.4) is 0 Å². The van der Waals surface area contributed by atoms with Crippen LogP contribution in [0.15, 0.2) is 45.4 Å². The molecule has 2 N–H and O–H groups in total. The van der Waals surface area contributed by atoms with Crippen LogP contribution in [0.4, 0.5) is 0 Å². The molecule has 1 amide bonds. The summed E-state index contributed by atoms with van der Waals surface area (Å²) in [6, 6.07) is 9.64. The van der Waals surface area contributed by atoms with Crippen molar-refractivity contribution in [3.63, 3.8) is 0 Å². The van der Waals surface area contributed by atoms with Gasteiger partial charge < -0.3 is 23.8 Å². The van der Waals surface area contributed by atoms with Gasteiger partial charge in [-0.2, -0.15) is 0 Å². The van der Waals surface area contributed by atoms with Gasteiger partial charge in [-0.05, 0) is 49.6 Å². The second-order valence-electron chi connectivity index (χ2n) is 7.61. The van der Waals surface area contributed by atoms with E-state index in [1.54, 1.807) is 6.26 Å². The van der Waals surface area contributed by atoms with E-state index in [1.807, 2.05) is 44.4 Å². The lowest BCUT2D eigenvalue weighted by atomic mass is 9.96. The van der Waals surface area contributed by atoms with E-state index in [9.17, 15) is 4.79 Å². The number of rotatable bonds is 7. The van der Waals surface area contributed by atoms with Crippen molar-refractivity contribution < 1.29 is 23.3 Å². The van der Waals surface area contributed by atoms with E-state index in [4.69, 9.17) is 13.6 Å². The Morgan fingerprint density at radius 2 is 2.11 bits per heavy atom. The molecule has 0 fully saturated rings. The second kappa shape index (κ2) is 8.10. The molecular weight excluding hydrogens is 356 g/mol. The summed E-state index contributed by atoms with van der Waals surface area (Å²) < 4.78 is 17.2. The Hall–Kier alpha value is -2.73. The van der Waals surface area contributed by atoms with Gasteiger partial charge in [0.15, 0.2) is 18.4 Å². The van der Waals surface area contributed by atoms with Gasteiger partial charge in [0.1, 0.15) is 17.1 Å². The van der Waals surface area contributed by atoms with Crippen LogP contribution in [0, 0.1) is 0 Å². The Balaban J connectivity index is 1.35. The number of ether oxygens (including phenoxy) is 1. The molecule has 0 spiro atoms. The summed E-state index contributed by atoms with van der Waals surface area (Å²) in [7, 11) is 4.08. The van der Waals surface area contributed by atoms with Crippen LogP contribution in [-0.4, -0.2) is 33.2 Å². The first-order chi connectivity index (χ1) is 13.6. The van der Waals surface area contributed by atoms with Gasteiger partial charge in [-0.1, -0.05) is 0 Å². The van der Waals surface area contributed by atoms with Gasteiger partial charge >= 0.3 is 0 Å². The summed E-state index contributed by atoms with van der Waals surface area (Å²) in [4.78, 5) is 13.5. The summed E-state index contributed by atoms with van der Waals surface area (Å²) in [5.74, 6) is 2.51. The van der Waals surface area contributed by atoms with Crippen LogP contribution in [0.1, 0.15) is 36.0 Å². The molecule has 28 heavy (non-hydrogen) atoms. The van der Waals surface area contributed by atoms with Crippen LogP contribution in [0.25, 0.3) is 11.0 Å². The summed E-state index contributed by atoms with van der Waals surface area (Å²) >= 11 is 0. The number of hydrogen-bond acceptors (Lipinski definition) is 4. The molecule has 0 saturated carbocycles. The molecule has 4 rings (SSSR count). The third kappa shape index (κ3) is 3.92. The zero-order valence-electron chi connectivity index (χ0n) is 16.4. The Morgan fingerprint density at radius 1 is 1.25 bits per heavy atom. The van der Waals surface area contributed by atoms with Crippen LogP contribution >= 0.6 is 0 Å². The predicted octanol–water partition coefficient (Wildman–Crippen LogP) is 2.29. The summed E-state index contributed by atoms with van der Waals surface area (Å²) in [5, 5.41) is 4.05. The van der Waals surface area contributed by atoms with E-state index in [2.05, 4.69) is 5.32 Å². The largest absolute Gasteiger partial charge is 0.484 e. The first-order valence-corrected chi connectivity index (χ1v) is 9.89. The second-order valence-corrected chi connectivity index (χ2v) is 7.61. The summed E-state index contributed by atoms with van der Waals surface area (Å²) in [6.45, 7) is 0.478. The zero-order chi connectivity index (χ0) is 19.5. The van der Waals surface area contributed by atoms with E-state index in [0.717, 1.165) is 35.3 Å². The first-order valence-electron chi connectivity index (χ1n) is 9.89. The summed E-state index contributed by atoms with van der Waals surface area (Å²) in [5.41, 5.74) is 2.20. The topological polar surface area (TPSA) is 69.0 Å². The van der Waals surface area contributed by atoms with Crippen LogP contribution in [0.5, 0.6) is 5.75 Å². The van der Waals surface area contributed by atoms with Crippen molar-refractivity contribution in [3.05, 3.63) is 53.7 Å². The normalized spacial score (nSPS) is 14.8. The minimum Gasteiger partial charge on any atom is -0.484 e. The monoisotopic (exact) mass is 383 g/mol. The fourth-order valence-corrected chi connectivity index (χ4v) is 3.83. The average Bonchev–Trinajstić information content (AvgIpc) is 3.34. The van der Waals surface area contributed by atoms with Gasteiger partial charge in [0.2, 0.25) is 0 Å². The van der Waals surface area contributed by atoms with Crippen molar-refractivity contribution in [1.29, 1.82) is 0 Å². The zero-order valence-corrected chi connectivity index (χ0v) is 16.4. The van der Waals surface area contributed by atoms with Crippen molar-refractivity contribution in [2.45, 2.75) is 31.7 Å². The molecule has 148 valence electrons. The lowest BCUT2D eigenvalue weighted by molar-refractivity contribution is -0.891. The van der Waals surface area contributed by atoms with Gasteiger partial charge in [0.05, 0.1) is 26.9 Å². The Labute approximate surface area is 164 Å². The number of carbonyl (C=O) groups excluding carboxylic acids is 1. The van der Waals surface area contributed by atoms with Crippen molar-refractivity contribution in [2.24, 2.45) is 0 Å². The molecule has 1 aliphatic rings. The van der Waals surface area contributed by atoms with Gasteiger partial charge in [-0.25, -0.2) is 0 Å². The van der Waals surface area contributed by atoms with E-state index >= 15 is 0 Å². The molecule has 6 nitrogen and oxygen atoms in total. The fraction of sp³-hybridized carbons (Fsp3) is 0.409. The number of aryl methyl sites for hydroxylation is 2. The summed E-state index contributed by atoms with van der Waals surface area (Å²) in [6.07, 6.45) is 6.09. The van der Waals surface area contributed by atoms with E-state index in [1.165, 1.54) is 23.3 Å². The Morgan fingerprint density at radius 3 is 2.89 bits per heavy atom. The van der Waals surface area contributed by atoms with Gasteiger partial charge in [0, 0.05) is 17.4 Å². The molecule has 1 atom stereocenters. The fourth-order valence-electron chi connectivity index (χ4n) is 3.83. The number of carbonyl (C=O) groups is 1. The molecule has 2 aromatic heterocycles. The molecule has 1 aromatic carbocycles. The average molecular weight is 383 g/mol. The van der Waals surface area contributed by atoms with Crippen LogP contribution in [-0.2, 0) is 17.6 Å². The molecule has 0 saturated heterocycles. The third-order valence-electron chi connectivity index (χ3n) is 5.38.